The molecule has 2 aromatic rings. The average molecular weight is 694 g/mol. The van der Waals surface area contributed by atoms with Crippen LogP contribution in [-0.2, 0) is 9.57 Å². The fourth-order valence-electron chi connectivity index (χ4n) is 7.82. The molecule has 1 fully saturated rings. The lowest BCUT2D eigenvalue weighted by molar-refractivity contribution is -0.384. The number of amides is 1. The second kappa shape index (κ2) is 16.5. The molecule has 13 nitrogen and oxygen atoms in total. The molecule has 1 heterocycles. The van der Waals surface area contributed by atoms with E-state index in [0.29, 0.717) is 30.9 Å². The topological polar surface area (TPSA) is 173 Å². The van der Waals surface area contributed by atoms with Gasteiger partial charge in [0, 0.05) is 50.3 Å². The first kappa shape index (κ1) is 36.8. The summed E-state index contributed by atoms with van der Waals surface area (Å²) in [4.78, 5) is 31.6. The van der Waals surface area contributed by atoms with E-state index in [9.17, 15) is 30.2 Å². The highest BCUT2D eigenvalue weighted by Crippen LogP contribution is 2.61. The van der Waals surface area contributed by atoms with Crippen LogP contribution >= 0.6 is 0 Å². The number of phenols is 1. The third-order valence-electron chi connectivity index (χ3n) is 9.97. The number of rotatable bonds is 16. The average Bonchev–Trinajstić information content (AvgIpc) is 3.11. The summed E-state index contributed by atoms with van der Waals surface area (Å²) in [5.74, 6) is -1.42. The molecule has 270 valence electrons. The highest BCUT2D eigenvalue weighted by Gasteiger charge is 2.65. The first-order valence-corrected chi connectivity index (χ1v) is 17.3. The Morgan fingerprint density at radius 2 is 1.86 bits per heavy atom. The van der Waals surface area contributed by atoms with Gasteiger partial charge >= 0.3 is 6.09 Å². The first-order valence-electron chi connectivity index (χ1n) is 17.3. The van der Waals surface area contributed by atoms with Crippen molar-refractivity contribution in [2.75, 3.05) is 33.5 Å². The minimum Gasteiger partial charge on any atom is -0.508 e. The lowest BCUT2D eigenvalue weighted by atomic mass is 9.55. The Balaban J connectivity index is 1.67. The molecule has 0 radical (unpaired) electrons. The Morgan fingerprint density at radius 1 is 1.14 bits per heavy atom. The summed E-state index contributed by atoms with van der Waals surface area (Å²) in [5, 5.41) is 45.9. The van der Waals surface area contributed by atoms with Gasteiger partial charge in [0.15, 0.2) is 0 Å². The standard InChI is InChI=1S/C37H47N3O10/c1-4-20-47-37-33(39(3)36(44)49-27-15-12-25(13-16-27)40(45)46)23-31(38-48-5-2)29-21-24(10-6-8-18-41)28(11-7-9-19-42)34(35(29)37)30-22-26(43)14-17-32(30)50-37/h4,12-17,21-22,24,28,33-35,41-43H,1,5-11,18-20,23H2,2-3H3. The molecule has 2 aromatic carbocycles. The molecule has 0 saturated heterocycles. The van der Waals surface area contributed by atoms with Crippen LogP contribution in [0, 0.1) is 27.9 Å². The number of aliphatic hydroxyl groups excluding tert-OH is 2. The number of unbranched alkanes of at least 4 members (excludes halogenated alkanes) is 2. The van der Waals surface area contributed by atoms with Gasteiger partial charge in [-0.25, -0.2) is 4.79 Å². The van der Waals surface area contributed by atoms with E-state index in [1.54, 1.807) is 31.3 Å². The highest BCUT2D eigenvalue weighted by molar-refractivity contribution is 6.03. The Bertz CT molecular complexity index is 1580. The minimum atomic E-state index is -1.46. The maximum absolute atomic E-state index is 13.9. The molecule has 6 atom stereocenters. The predicted octanol–water partition coefficient (Wildman–Crippen LogP) is 6.08. The first-order chi connectivity index (χ1) is 24.2. The Morgan fingerprint density at radius 3 is 2.52 bits per heavy atom. The van der Waals surface area contributed by atoms with Gasteiger partial charge in [-0.05, 0) is 80.3 Å². The number of nitrogens with zero attached hydrogens (tertiary/aromatic N) is 3. The number of fused-ring (bicyclic) bond motifs is 2. The maximum Gasteiger partial charge on any atom is 0.415 e. The van der Waals surface area contributed by atoms with Crippen molar-refractivity contribution < 1.29 is 44.1 Å². The van der Waals surface area contributed by atoms with Crippen molar-refractivity contribution in [2.45, 2.75) is 69.6 Å². The summed E-state index contributed by atoms with van der Waals surface area (Å²) < 4.78 is 19.4. The summed E-state index contributed by atoms with van der Waals surface area (Å²) >= 11 is 0. The Hall–Kier alpha value is -4.46. The minimum absolute atomic E-state index is 0.0228. The van der Waals surface area contributed by atoms with Crippen LogP contribution in [0.5, 0.6) is 17.2 Å². The zero-order chi connectivity index (χ0) is 35.8. The monoisotopic (exact) mass is 693 g/mol. The second-order valence-corrected chi connectivity index (χ2v) is 12.9. The lowest BCUT2D eigenvalue weighted by Crippen LogP contribution is -2.69. The summed E-state index contributed by atoms with van der Waals surface area (Å²) in [7, 11) is 1.59. The summed E-state index contributed by atoms with van der Waals surface area (Å²) in [6, 6.07) is 9.47. The number of carbonyl (C=O) groups excluding carboxylic acids is 1. The largest absolute Gasteiger partial charge is 0.508 e. The van der Waals surface area contributed by atoms with Gasteiger partial charge < -0.3 is 39.3 Å². The van der Waals surface area contributed by atoms with E-state index >= 15 is 0 Å². The molecule has 6 unspecified atom stereocenters. The molecule has 3 aliphatic rings. The second-order valence-electron chi connectivity index (χ2n) is 12.9. The molecule has 1 aliphatic heterocycles. The third kappa shape index (κ3) is 7.49. The van der Waals surface area contributed by atoms with Crippen molar-refractivity contribution in [3.05, 3.63) is 82.4 Å². The van der Waals surface area contributed by atoms with Gasteiger partial charge in [-0.15, -0.1) is 6.58 Å². The number of hydrogen-bond donors (Lipinski definition) is 3. The number of aliphatic hydroxyl groups is 2. The van der Waals surface area contributed by atoms with Gasteiger partial charge in [0.25, 0.3) is 5.69 Å². The van der Waals surface area contributed by atoms with Crippen LogP contribution in [-0.4, -0.2) is 82.3 Å². The van der Waals surface area contributed by atoms with E-state index in [1.165, 1.54) is 29.2 Å². The van der Waals surface area contributed by atoms with Crippen LogP contribution in [0.3, 0.4) is 0 Å². The van der Waals surface area contributed by atoms with Crippen LogP contribution in [0.15, 0.2) is 71.9 Å². The molecule has 5 rings (SSSR count). The molecule has 1 amide bonds. The van der Waals surface area contributed by atoms with E-state index in [-0.39, 0.29) is 61.2 Å². The highest BCUT2D eigenvalue weighted by atomic mass is 16.7. The Labute approximate surface area is 291 Å². The van der Waals surface area contributed by atoms with Gasteiger partial charge in [-0.2, -0.15) is 0 Å². The quantitative estimate of drug-likeness (QED) is 0.0809. The predicted molar refractivity (Wildman–Crippen MR) is 185 cm³/mol. The zero-order valence-electron chi connectivity index (χ0n) is 28.6. The SMILES string of the molecule is C=CCOC12Oc3ccc(O)cc3C3C(CCCCO)C(CCCCO)C=C(C(=NOCC)CC1N(C)C(=O)Oc1ccc([N+](=O)[O-])cc1)C32. The number of allylic oxidation sites excluding steroid dienone is 1. The molecule has 50 heavy (non-hydrogen) atoms. The van der Waals surface area contributed by atoms with Gasteiger partial charge in [0.1, 0.15) is 29.9 Å². The number of aromatic hydroxyl groups is 1. The number of phenolic OH excluding ortho intramolecular Hbond substituents is 1. The number of nitro benzene ring substituents is 1. The third-order valence-corrected chi connectivity index (χ3v) is 9.97. The number of non-ortho nitro benzene ring substituents is 1. The summed E-state index contributed by atoms with van der Waals surface area (Å²) in [5.41, 5.74) is 2.19. The van der Waals surface area contributed by atoms with E-state index in [1.807, 2.05) is 6.92 Å². The van der Waals surface area contributed by atoms with Crippen molar-refractivity contribution in [2.24, 2.45) is 22.9 Å². The normalized spacial score (nSPS) is 25.8. The number of oxime groups is 1. The number of nitro groups is 1. The molecule has 3 N–H and O–H groups in total. The van der Waals surface area contributed by atoms with Crippen LogP contribution in [0.1, 0.15) is 63.4 Å². The van der Waals surface area contributed by atoms with Gasteiger partial charge in [0.2, 0.25) is 5.79 Å². The van der Waals surface area contributed by atoms with Gasteiger partial charge in [-0.3, -0.25) is 10.1 Å². The molecular weight excluding hydrogens is 646 g/mol. The lowest BCUT2D eigenvalue weighted by Gasteiger charge is -2.59. The van der Waals surface area contributed by atoms with E-state index < -0.39 is 28.8 Å². The molecule has 0 aromatic heterocycles. The fourth-order valence-corrected chi connectivity index (χ4v) is 7.82. The molecule has 2 aliphatic carbocycles. The van der Waals surface area contributed by atoms with Gasteiger partial charge in [-0.1, -0.05) is 30.1 Å². The number of carbonyl (C=O) groups is 1. The van der Waals surface area contributed by atoms with Crippen molar-refractivity contribution in [1.82, 2.24) is 4.90 Å². The number of benzene rings is 2. The van der Waals surface area contributed by atoms with Crippen LogP contribution < -0.4 is 9.47 Å². The molecule has 13 heteroatoms. The van der Waals surface area contributed by atoms with Crippen molar-refractivity contribution in [3.63, 3.8) is 0 Å². The molecule has 1 saturated carbocycles. The molecule has 0 bridgehead atoms. The molecule has 0 spiro atoms. The number of ether oxygens (including phenoxy) is 3. The summed E-state index contributed by atoms with van der Waals surface area (Å²) in [6.45, 7) is 6.31. The van der Waals surface area contributed by atoms with E-state index in [0.717, 1.165) is 36.8 Å². The van der Waals surface area contributed by atoms with E-state index in [4.69, 9.17) is 19.0 Å². The fraction of sp³-hybridized carbons (Fsp3) is 0.514. The summed E-state index contributed by atoms with van der Waals surface area (Å²) in [6.07, 6.45) is 7.74. The van der Waals surface area contributed by atoms with Crippen molar-refractivity contribution in [3.8, 4) is 17.2 Å². The van der Waals surface area contributed by atoms with Crippen molar-refractivity contribution >= 4 is 17.5 Å². The molecular formula is C37H47N3O10. The van der Waals surface area contributed by atoms with Crippen molar-refractivity contribution in [1.29, 1.82) is 0 Å². The smallest absolute Gasteiger partial charge is 0.415 e. The maximum atomic E-state index is 13.9. The zero-order valence-corrected chi connectivity index (χ0v) is 28.6. The van der Waals surface area contributed by atoms with Crippen LogP contribution in [0.25, 0.3) is 0 Å². The van der Waals surface area contributed by atoms with Crippen LogP contribution in [0.2, 0.25) is 0 Å². The number of likely N-dealkylation sites (N-methyl/N-ethyl adjacent to an activating group) is 1. The number of hydrogen-bond acceptors (Lipinski definition) is 11. The Kier molecular flexibility index (Phi) is 12.1. The van der Waals surface area contributed by atoms with Crippen LogP contribution in [0.4, 0.5) is 10.5 Å². The van der Waals surface area contributed by atoms with Gasteiger partial charge in [0.05, 0.1) is 23.2 Å². The van der Waals surface area contributed by atoms with E-state index in [2.05, 4.69) is 17.8 Å².